The van der Waals surface area contributed by atoms with Crippen LogP contribution in [0.5, 0.6) is 11.5 Å². The number of hydrogen-bond acceptors (Lipinski definition) is 4. The Morgan fingerprint density at radius 1 is 1.20 bits per heavy atom. The third-order valence-electron chi connectivity index (χ3n) is 2.20. The van der Waals surface area contributed by atoms with Crippen LogP contribution in [-0.4, -0.2) is 10.2 Å². The number of nitrogens with two attached hydrogens (primary N) is 1. The van der Waals surface area contributed by atoms with E-state index in [0.29, 0.717) is 5.56 Å². The largest absolute Gasteiger partial charge is 0.508 e. The number of thiophene rings is 1. The van der Waals surface area contributed by atoms with Gasteiger partial charge in [-0.3, -0.25) is 0 Å². The summed E-state index contributed by atoms with van der Waals surface area (Å²) in [5.74, 6) is 0.212. The first-order chi connectivity index (χ1) is 7.18. The molecule has 0 aliphatic carbocycles. The Hall–Kier alpha value is -1.52. The Bertz CT molecular complexity index is 454. The van der Waals surface area contributed by atoms with Crippen molar-refractivity contribution in [2.75, 3.05) is 0 Å². The van der Waals surface area contributed by atoms with Gasteiger partial charge in [-0.2, -0.15) is 0 Å². The highest BCUT2D eigenvalue weighted by Crippen LogP contribution is 2.32. The molecular weight excluding hydrogens is 210 g/mol. The van der Waals surface area contributed by atoms with Gasteiger partial charge in [-0.05, 0) is 29.6 Å². The Balaban J connectivity index is 2.41. The molecule has 0 aliphatic heterocycles. The zero-order chi connectivity index (χ0) is 10.8. The Morgan fingerprint density at radius 2 is 2.00 bits per heavy atom. The van der Waals surface area contributed by atoms with E-state index in [9.17, 15) is 10.2 Å². The number of rotatable bonds is 2. The first kappa shape index (κ1) is 10.0. The molecule has 78 valence electrons. The number of phenolic OH excluding ortho intramolecular Hbond substituents is 2. The summed E-state index contributed by atoms with van der Waals surface area (Å²) in [6.07, 6.45) is 0. The zero-order valence-electron chi connectivity index (χ0n) is 7.92. The van der Waals surface area contributed by atoms with Gasteiger partial charge in [0.1, 0.15) is 11.5 Å². The lowest BCUT2D eigenvalue weighted by Crippen LogP contribution is -2.10. The smallest absolute Gasteiger partial charge is 0.120 e. The summed E-state index contributed by atoms with van der Waals surface area (Å²) in [6.45, 7) is 0. The maximum absolute atomic E-state index is 9.62. The SMILES string of the molecule is N[C@@H](c1cccs1)c1cc(O)ccc1O. The van der Waals surface area contributed by atoms with E-state index < -0.39 is 6.04 Å². The van der Waals surface area contributed by atoms with Crippen LogP contribution in [0.1, 0.15) is 16.5 Å². The molecule has 0 aliphatic rings. The van der Waals surface area contributed by atoms with Gasteiger partial charge in [0.05, 0.1) is 6.04 Å². The third kappa shape index (κ3) is 1.95. The summed E-state index contributed by atoms with van der Waals surface area (Å²) in [7, 11) is 0. The first-order valence-electron chi connectivity index (χ1n) is 4.49. The number of phenols is 2. The molecule has 3 nitrogen and oxygen atoms in total. The lowest BCUT2D eigenvalue weighted by atomic mass is 10.0. The van der Waals surface area contributed by atoms with Gasteiger partial charge in [0.2, 0.25) is 0 Å². The van der Waals surface area contributed by atoms with Gasteiger partial charge in [-0.25, -0.2) is 0 Å². The van der Waals surface area contributed by atoms with Crippen molar-refractivity contribution < 1.29 is 10.2 Å². The van der Waals surface area contributed by atoms with Gasteiger partial charge in [0.25, 0.3) is 0 Å². The predicted octanol–water partition coefficient (Wildman–Crippen LogP) is 2.21. The van der Waals surface area contributed by atoms with Gasteiger partial charge in [0, 0.05) is 10.4 Å². The fraction of sp³-hybridized carbons (Fsp3) is 0.0909. The summed E-state index contributed by atoms with van der Waals surface area (Å²) in [5, 5.41) is 20.9. The van der Waals surface area contributed by atoms with Gasteiger partial charge in [0.15, 0.2) is 0 Å². The lowest BCUT2D eigenvalue weighted by molar-refractivity contribution is 0.452. The van der Waals surface area contributed by atoms with E-state index >= 15 is 0 Å². The summed E-state index contributed by atoms with van der Waals surface area (Å²) < 4.78 is 0. The molecule has 0 saturated carbocycles. The van der Waals surface area contributed by atoms with Gasteiger partial charge in [-0.15, -0.1) is 11.3 Å². The van der Waals surface area contributed by atoms with Crippen LogP contribution in [0.2, 0.25) is 0 Å². The van der Waals surface area contributed by atoms with Crippen LogP contribution in [0, 0.1) is 0 Å². The van der Waals surface area contributed by atoms with E-state index in [-0.39, 0.29) is 11.5 Å². The van der Waals surface area contributed by atoms with Crippen LogP contribution in [0.15, 0.2) is 35.7 Å². The van der Waals surface area contributed by atoms with Crippen molar-refractivity contribution >= 4 is 11.3 Å². The average molecular weight is 221 g/mol. The molecule has 15 heavy (non-hydrogen) atoms. The van der Waals surface area contributed by atoms with Gasteiger partial charge >= 0.3 is 0 Å². The Morgan fingerprint density at radius 3 is 2.67 bits per heavy atom. The van der Waals surface area contributed by atoms with E-state index in [2.05, 4.69) is 0 Å². The fourth-order valence-electron chi connectivity index (χ4n) is 1.41. The summed E-state index contributed by atoms with van der Waals surface area (Å²) in [4.78, 5) is 0.955. The molecule has 0 unspecified atom stereocenters. The van der Waals surface area contributed by atoms with Crippen LogP contribution >= 0.6 is 11.3 Å². The molecule has 0 fully saturated rings. The van der Waals surface area contributed by atoms with Crippen molar-refractivity contribution in [1.82, 2.24) is 0 Å². The van der Waals surface area contributed by atoms with Crippen LogP contribution < -0.4 is 5.73 Å². The van der Waals surface area contributed by atoms with Crippen LogP contribution in [0.3, 0.4) is 0 Å². The van der Waals surface area contributed by atoms with E-state index in [1.807, 2.05) is 17.5 Å². The van der Waals surface area contributed by atoms with Crippen LogP contribution in [0.25, 0.3) is 0 Å². The predicted molar refractivity (Wildman–Crippen MR) is 60.1 cm³/mol. The zero-order valence-corrected chi connectivity index (χ0v) is 8.74. The highest BCUT2D eigenvalue weighted by Gasteiger charge is 2.14. The fourth-order valence-corrected chi connectivity index (χ4v) is 2.16. The van der Waals surface area contributed by atoms with Gasteiger partial charge in [-0.1, -0.05) is 6.07 Å². The van der Waals surface area contributed by atoms with E-state index in [4.69, 9.17) is 5.73 Å². The van der Waals surface area contributed by atoms with Crippen LogP contribution in [0.4, 0.5) is 0 Å². The second-order valence-corrected chi connectivity index (χ2v) is 4.22. The maximum Gasteiger partial charge on any atom is 0.120 e. The summed E-state index contributed by atoms with van der Waals surface area (Å²) >= 11 is 1.52. The molecule has 0 saturated heterocycles. The van der Waals surface area contributed by atoms with Crippen LogP contribution in [-0.2, 0) is 0 Å². The molecule has 0 bridgehead atoms. The van der Waals surface area contributed by atoms with Crippen molar-refractivity contribution in [2.24, 2.45) is 5.73 Å². The van der Waals surface area contributed by atoms with Crippen molar-refractivity contribution in [3.63, 3.8) is 0 Å². The number of benzene rings is 1. The third-order valence-corrected chi connectivity index (χ3v) is 3.15. The highest BCUT2D eigenvalue weighted by molar-refractivity contribution is 7.10. The molecular formula is C11H11NO2S. The van der Waals surface area contributed by atoms with E-state index in [1.165, 1.54) is 29.5 Å². The molecule has 0 amide bonds. The average Bonchev–Trinajstić information content (AvgIpc) is 2.74. The van der Waals surface area contributed by atoms with Crippen molar-refractivity contribution in [3.05, 3.63) is 46.2 Å². The second kappa shape index (κ2) is 3.92. The van der Waals surface area contributed by atoms with E-state index in [0.717, 1.165) is 4.88 Å². The number of hydrogen-bond donors (Lipinski definition) is 3. The quantitative estimate of drug-likeness (QED) is 0.681. The van der Waals surface area contributed by atoms with Gasteiger partial charge < -0.3 is 15.9 Å². The summed E-state index contributed by atoms with van der Waals surface area (Å²) in [5.41, 5.74) is 6.51. The molecule has 0 spiro atoms. The monoisotopic (exact) mass is 221 g/mol. The minimum atomic E-state index is -0.392. The maximum atomic E-state index is 9.62. The normalized spacial score (nSPS) is 12.6. The minimum Gasteiger partial charge on any atom is -0.508 e. The van der Waals surface area contributed by atoms with Crippen molar-refractivity contribution in [3.8, 4) is 11.5 Å². The minimum absolute atomic E-state index is 0.105. The lowest BCUT2D eigenvalue weighted by Gasteiger charge is -2.12. The Kier molecular flexibility index (Phi) is 2.62. The molecule has 1 heterocycles. The molecule has 1 aromatic heterocycles. The molecule has 2 rings (SSSR count). The van der Waals surface area contributed by atoms with E-state index in [1.54, 1.807) is 0 Å². The molecule has 1 atom stereocenters. The first-order valence-corrected chi connectivity index (χ1v) is 5.37. The molecule has 2 aromatic rings. The number of aromatic hydroxyl groups is 2. The second-order valence-electron chi connectivity index (χ2n) is 3.24. The standard InChI is InChI=1S/C11H11NO2S/c12-11(10-2-1-5-15-10)8-6-7(13)3-4-9(8)14/h1-6,11,13-14H,12H2/t11-/m1/s1. The molecule has 1 aromatic carbocycles. The highest BCUT2D eigenvalue weighted by atomic mass is 32.1. The molecule has 4 N–H and O–H groups in total. The topological polar surface area (TPSA) is 66.5 Å². The molecule has 4 heteroatoms. The molecule has 0 radical (unpaired) electrons. The van der Waals surface area contributed by atoms with Crippen molar-refractivity contribution in [2.45, 2.75) is 6.04 Å². The Labute approximate surface area is 91.4 Å². The summed E-state index contributed by atoms with van der Waals surface area (Å²) in [6, 6.07) is 7.77. The van der Waals surface area contributed by atoms with Crippen molar-refractivity contribution in [1.29, 1.82) is 0 Å².